The van der Waals surface area contributed by atoms with E-state index in [2.05, 4.69) is 0 Å². The van der Waals surface area contributed by atoms with Crippen LogP contribution < -0.4 is 56.1 Å². The molecule has 0 saturated heterocycles. The molecule has 0 radical (unpaired) electrons. The standard InChI is InChI=1S/C12H12BF4O.K/c1-18-10-3-2-8(4-9(10)14)11-5-12(6-11,7-11)13(15,16)17;/h2-4H,5-7H2,1H3;/q-1;+1. The summed E-state index contributed by atoms with van der Waals surface area (Å²) < 4.78 is 56.7. The largest absolute Gasteiger partial charge is 1.00 e. The van der Waals surface area contributed by atoms with Crippen LogP contribution in [0.4, 0.5) is 17.3 Å². The van der Waals surface area contributed by atoms with E-state index in [0.29, 0.717) is 5.56 Å². The van der Waals surface area contributed by atoms with Crippen LogP contribution in [0.15, 0.2) is 18.2 Å². The van der Waals surface area contributed by atoms with Gasteiger partial charge in [0.1, 0.15) is 0 Å². The number of rotatable bonds is 3. The van der Waals surface area contributed by atoms with Gasteiger partial charge < -0.3 is 17.7 Å². The molecular weight excluding hydrogens is 286 g/mol. The molecule has 3 saturated carbocycles. The molecule has 2 bridgehead atoms. The van der Waals surface area contributed by atoms with Gasteiger partial charge in [-0.05, 0) is 23.1 Å². The maximum absolute atomic E-state index is 13.5. The quantitative estimate of drug-likeness (QED) is 0.594. The Morgan fingerprint density at radius 1 is 1.16 bits per heavy atom. The van der Waals surface area contributed by atoms with E-state index in [0.717, 1.165) is 0 Å². The third-order valence-electron chi connectivity index (χ3n) is 4.53. The number of methoxy groups -OCH3 is 1. The maximum Gasteiger partial charge on any atom is 1.00 e. The van der Waals surface area contributed by atoms with E-state index in [1.807, 2.05) is 0 Å². The van der Waals surface area contributed by atoms with Crippen molar-refractivity contribution >= 4 is 6.98 Å². The molecule has 0 atom stereocenters. The summed E-state index contributed by atoms with van der Waals surface area (Å²) in [6, 6.07) is 4.47. The molecule has 0 aliphatic heterocycles. The third kappa shape index (κ3) is 2.12. The van der Waals surface area contributed by atoms with Gasteiger partial charge in [-0.3, -0.25) is 0 Å². The summed E-state index contributed by atoms with van der Waals surface area (Å²) in [5.74, 6) is -0.383. The van der Waals surface area contributed by atoms with Crippen molar-refractivity contribution in [1.29, 1.82) is 0 Å². The molecule has 0 unspecified atom stereocenters. The van der Waals surface area contributed by atoms with Crippen molar-refractivity contribution in [3.8, 4) is 5.75 Å². The van der Waals surface area contributed by atoms with E-state index in [9.17, 15) is 17.3 Å². The summed E-state index contributed by atoms with van der Waals surface area (Å²) >= 11 is 0. The molecule has 3 aliphatic carbocycles. The Bertz CT molecular complexity index is 497. The minimum atomic E-state index is -4.77. The van der Waals surface area contributed by atoms with Gasteiger partial charge in [0.25, 0.3) is 0 Å². The van der Waals surface area contributed by atoms with Crippen LogP contribution in [0.3, 0.4) is 0 Å². The second-order valence-corrected chi connectivity index (χ2v) is 5.60. The average Bonchev–Trinajstić information content (AvgIpc) is 2.11. The molecule has 0 amide bonds. The molecule has 98 valence electrons. The second kappa shape index (κ2) is 4.73. The van der Waals surface area contributed by atoms with E-state index >= 15 is 0 Å². The summed E-state index contributed by atoms with van der Waals surface area (Å²) in [4.78, 5) is 0. The Hall–Kier alpha value is 0.441. The fourth-order valence-electron chi connectivity index (χ4n) is 3.52. The van der Waals surface area contributed by atoms with Crippen LogP contribution in [0.2, 0.25) is 5.31 Å². The van der Waals surface area contributed by atoms with Crippen LogP contribution in [-0.4, -0.2) is 14.1 Å². The summed E-state index contributed by atoms with van der Waals surface area (Å²) in [7, 11) is 1.36. The Balaban J connectivity index is 0.00000133. The van der Waals surface area contributed by atoms with Crippen molar-refractivity contribution in [3.63, 3.8) is 0 Å². The number of hydrogen-bond donors (Lipinski definition) is 0. The summed E-state index contributed by atoms with van der Waals surface area (Å²) in [6.07, 6.45) is 0.361. The third-order valence-corrected chi connectivity index (χ3v) is 4.53. The molecule has 1 aromatic carbocycles. The first-order valence-corrected chi connectivity index (χ1v) is 5.85. The van der Waals surface area contributed by atoms with Gasteiger partial charge in [-0.25, -0.2) is 4.39 Å². The summed E-state index contributed by atoms with van der Waals surface area (Å²) in [6.45, 7) is -4.77. The van der Waals surface area contributed by atoms with E-state index in [-0.39, 0.29) is 76.4 Å². The normalized spacial score (nSPS) is 31.8. The fraction of sp³-hybridized carbons (Fsp3) is 0.500. The van der Waals surface area contributed by atoms with Crippen LogP contribution in [0, 0.1) is 5.82 Å². The molecule has 4 rings (SSSR count). The van der Waals surface area contributed by atoms with Gasteiger partial charge in [0, 0.05) is 0 Å². The average molecular weight is 298 g/mol. The summed E-state index contributed by atoms with van der Waals surface area (Å²) in [5, 5.41) is -1.43. The molecule has 3 aliphatic rings. The summed E-state index contributed by atoms with van der Waals surface area (Å²) in [5.41, 5.74) is 0.229. The van der Waals surface area contributed by atoms with E-state index in [4.69, 9.17) is 4.74 Å². The predicted octanol–water partition coefficient (Wildman–Crippen LogP) is 0.861. The first-order chi connectivity index (χ1) is 8.32. The van der Waals surface area contributed by atoms with E-state index in [1.165, 1.54) is 19.2 Å². The molecular formula is C12H12BF4KO. The van der Waals surface area contributed by atoms with Gasteiger partial charge in [0.15, 0.2) is 11.6 Å². The Morgan fingerprint density at radius 3 is 2.16 bits per heavy atom. The van der Waals surface area contributed by atoms with Crippen molar-refractivity contribution in [2.24, 2.45) is 0 Å². The molecule has 1 nitrogen and oxygen atoms in total. The van der Waals surface area contributed by atoms with Crippen molar-refractivity contribution < 1.29 is 73.5 Å². The molecule has 0 spiro atoms. The van der Waals surface area contributed by atoms with Gasteiger partial charge in [-0.15, -0.1) is 0 Å². The van der Waals surface area contributed by atoms with E-state index in [1.54, 1.807) is 6.07 Å². The van der Waals surface area contributed by atoms with Crippen LogP contribution >= 0.6 is 0 Å². The molecule has 0 N–H and O–H groups in total. The molecule has 3 fully saturated rings. The zero-order valence-corrected chi connectivity index (χ0v) is 14.0. The van der Waals surface area contributed by atoms with Crippen molar-refractivity contribution in [1.82, 2.24) is 0 Å². The molecule has 7 heteroatoms. The topological polar surface area (TPSA) is 9.23 Å². The molecule has 19 heavy (non-hydrogen) atoms. The Labute approximate surface area is 151 Å². The SMILES string of the molecule is COc1ccc(C23CC([B-](F)(F)F)(C2)C3)cc1F.[K+]. The van der Waals surface area contributed by atoms with Gasteiger partial charge >= 0.3 is 58.4 Å². The van der Waals surface area contributed by atoms with Gasteiger partial charge in [0.2, 0.25) is 0 Å². The van der Waals surface area contributed by atoms with Gasteiger partial charge in [-0.2, -0.15) is 0 Å². The van der Waals surface area contributed by atoms with Crippen LogP contribution in [0.5, 0.6) is 5.75 Å². The zero-order valence-electron chi connectivity index (χ0n) is 10.9. The maximum atomic E-state index is 13.5. The molecule has 0 heterocycles. The first kappa shape index (κ1) is 15.8. The van der Waals surface area contributed by atoms with Gasteiger partial charge in [-0.1, -0.05) is 30.6 Å². The van der Waals surface area contributed by atoms with E-state index < -0.39 is 23.5 Å². The second-order valence-electron chi connectivity index (χ2n) is 5.60. The monoisotopic (exact) mass is 298 g/mol. The number of benzene rings is 1. The fourth-order valence-corrected chi connectivity index (χ4v) is 3.52. The zero-order chi connectivity index (χ0) is 13.2. The Kier molecular flexibility index (Phi) is 3.94. The number of halogens is 4. The van der Waals surface area contributed by atoms with Crippen molar-refractivity contribution in [2.75, 3.05) is 7.11 Å². The van der Waals surface area contributed by atoms with Crippen LogP contribution in [0.25, 0.3) is 0 Å². The van der Waals surface area contributed by atoms with Crippen LogP contribution in [-0.2, 0) is 5.41 Å². The minimum absolute atomic E-state index is 0. The first-order valence-electron chi connectivity index (χ1n) is 5.85. The number of hydrogen-bond acceptors (Lipinski definition) is 1. The smallest absolute Gasteiger partial charge is 0.494 e. The van der Waals surface area contributed by atoms with Gasteiger partial charge in [0.05, 0.1) is 7.11 Å². The predicted molar refractivity (Wildman–Crippen MR) is 60.3 cm³/mol. The molecule has 0 aromatic heterocycles. The van der Waals surface area contributed by atoms with Crippen molar-refractivity contribution in [2.45, 2.75) is 30.0 Å². The van der Waals surface area contributed by atoms with Crippen LogP contribution in [0.1, 0.15) is 24.8 Å². The number of ether oxygens (including phenoxy) is 1. The Morgan fingerprint density at radius 2 is 1.74 bits per heavy atom. The molecule has 1 aromatic rings. The minimum Gasteiger partial charge on any atom is -0.494 e. The van der Waals surface area contributed by atoms with Crippen molar-refractivity contribution in [3.05, 3.63) is 29.6 Å².